The fraction of sp³-hybridized carbons (Fsp3) is 0.250. The Balaban J connectivity index is 1.69. The van der Waals surface area contributed by atoms with Gasteiger partial charge in [-0.25, -0.2) is 14.3 Å². The maximum atomic E-state index is 14.8. The Kier molecular flexibility index (Phi) is 3.67. The fourth-order valence-corrected chi connectivity index (χ4v) is 2.70. The number of aryl methyl sites for hydroxylation is 1. The number of hydrogen-bond acceptors (Lipinski definition) is 6. The highest BCUT2D eigenvalue weighted by atomic mass is 19.3. The van der Waals surface area contributed by atoms with Crippen LogP contribution in [-0.2, 0) is 18.9 Å². The third kappa shape index (κ3) is 2.59. The Bertz CT molecular complexity index is 1010. The van der Waals surface area contributed by atoms with Gasteiger partial charge in [-0.15, -0.1) is 5.10 Å². The molecular formula is C16H12F2N6O2. The molecule has 1 aliphatic rings. The molecule has 0 saturated carbocycles. The van der Waals surface area contributed by atoms with Gasteiger partial charge in [0, 0.05) is 12.0 Å². The SMILES string of the molecule is Cc1nonc1Cn1nnc2c1CC(C(F)(F)c1ccccc1)=NC2=O. The number of carbonyl (C=O) groups is 1. The van der Waals surface area contributed by atoms with Gasteiger partial charge in [-0.2, -0.15) is 8.78 Å². The van der Waals surface area contributed by atoms with E-state index in [4.69, 9.17) is 0 Å². The minimum atomic E-state index is -3.38. The Labute approximate surface area is 145 Å². The molecule has 1 aliphatic heterocycles. The lowest BCUT2D eigenvalue weighted by Gasteiger charge is -2.21. The van der Waals surface area contributed by atoms with Crippen LogP contribution in [0.5, 0.6) is 0 Å². The fourth-order valence-electron chi connectivity index (χ4n) is 2.70. The first-order chi connectivity index (χ1) is 12.5. The van der Waals surface area contributed by atoms with E-state index in [9.17, 15) is 13.6 Å². The third-order valence-corrected chi connectivity index (χ3v) is 4.16. The molecule has 0 atom stereocenters. The number of benzene rings is 1. The van der Waals surface area contributed by atoms with E-state index in [0.29, 0.717) is 11.4 Å². The van der Waals surface area contributed by atoms with Crippen molar-refractivity contribution in [2.75, 3.05) is 0 Å². The van der Waals surface area contributed by atoms with Crippen molar-refractivity contribution in [3.63, 3.8) is 0 Å². The van der Waals surface area contributed by atoms with Gasteiger partial charge in [0.15, 0.2) is 5.69 Å². The lowest BCUT2D eigenvalue weighted by Crippen LogP contribution is -2.33. The summed E-state index contributed by atoms with van der Waals surface area (Å²) in [5.74, 6) is -4.21. The summed E-state index contributed by atoms with van der Waals surface area (Å²) in [4.78, 5) is 15.7. The Morgan fingerprint density at radius 3 is 2.69 bits per heavy atom. The molecule has 3 heterocycles. The number of halogens is 2. The molecular weight excluding hydrogens is 346 g/mol. The second-order valence-electron chi connectivity index (χ2n) is 5.82. The Morgan fingerprint density at radius 1 is 1.23 bits per heavy atom. The van der Waals surface area contributed by atoms with Gasteiger partial charge in [-0.05, 0) is 6.92 Å². The lowest BCUT2D eigenvalue weighted by atomic mass is 9.97. The molecule has 0 radical (unpaired) electrons. The minimum Gasteiger partial charge on any atom is -0.265 e. The molecule has 3 aromatic rings. The number of fused-ring (bicyclic) bond motifs is 1. The molecule has 26 heavy (non-hydrogen) atoms. The molecule has 0 bridgehead atoms. The quantitative estimate of drug-likeness (QED) is 0.707. The molecule has 0 N–H and O–H groups in total. The number of nitrogens with zero attached hydrogens (tertiary/aromatic N) is 6. The molecule has 0 fully saturated rings. The zero-order valence-electron chi connectivity index (χ0n) is 13.6. The van der Waals surface area contributed by atoms with E-state index in [1.807, 2.05) is 0 Å². The van der Waals surface area contributed by atoms with Crippen LogP contribution in [0.4, 0.5) is 8.78 Å². The molecule has 0 spiro atoms. The first-order valence-corrected chi connectivity index (χ1v) is 7.73. The van der Waals surface area contributed by atoms with Gasteiger partial charge in [0.05, 0.1) is 12.2 Å². The highest BCUT2D eigenvalue weighted by Gasteiger charge is 2.42. The molecule has 0 unspecified atom stereocenters. The number of amides is 1. The minimum absolute atomic E-state index is 0.0354. The second kappa shape index (κ2) is 5.90. The third-order valence-electron chi connectivity index (χ3n) is 4.16. The zero-order valence-corrected chi connectivity index (χ0v) is 13.6. The number of aliphatic imine (C=N–C) groups is 1. The molecule has 4 rings (SSSR count). The van der Waals surface area contributed by atoms with E-state index in [-0.39, 0.29) is 29.9 Å². The van der Waals surface area contributed by atoms with Crippen molar-refractivity contribution in [3.8, 4) is 0 Å². The molecule has 10 heteroatoms. The highest BCUT2D eigenvalue weighted by Crippen LogP contribution is 2.33. The predicted molar refractivity (Wildman–Crippen MR) is 84.0 cm³/mol. The van der Waals surface area contributed by atoms with E-state index in [1.54, 1.807) is 13.0 Å². The highest BCUT2D eigenvalue weighted by molar-refractivity contribution is 6.10. The van der Waals surface area contributed by atoms with Crippen molar-refractivity contribution < 1.29 is 18.2 Å². The number of aromatic nitrogens is 5. The van der Waals surface area contributed by atoms with Crippen LogP contribution in [0.2, 0.25) is 0 Å². The van der Waals surface area contributed by atoms with Crippen molar-refractivity contribution in [3.05, 3.63) is 58.7 Å². The molecule has 132 valence electrons. The summed E-state index contributed by atoms with van der Waals surface area (Å²) >= 11 is 0. The maximum Gasteiger partial charge on any atom is 0.311 e. The molecule has 1 aromatic carbocycles. The Morgan fingerprint density at radius 2 is 2.00 bits per heavy atom. The average molecular weight is 358 g/mol. The van der Waals surface area contributed by atoms with Crippen molar-refractivity contribution in [2.45, 2.75) is 25.8 Å². The van der Waals surface area contributed by atoms with Gasteiger partial charge >= 0.3 is 5.92 Å². The smallest absolute Gasteiger partial charge is 0.265 e. The van der Waals surface area contributed by atoms with Crippen LogP contribution < -0.4 is 0 Å². The summed E-state index contributed by atoms with van der Waals surface area (Å²) in [6.45, 7) is 1.80. The summed E-state index contributed by atoms with van der Waals surface area (Å²) in [6.07, 6.45) is -0.250. The summed E-state index contributed by atoms with van der Waals surface area (Å²) < 4.78 is 35.6. The standard InChI is InChI=1S/C16H12F2N6O2/c1-9-11(22-26-21-9)8-24-12-7-13(19-15(25)14(12)20-23-24)16(17,18)10-5-3-2-4-6-10/h2-6H,7-8H2,1H3. The molecule has 0 aliphatic carbocycles. The van der Waals surface area contributed by atoms with Gasteiger partial charge in [0.25, 0.3) is 5.91 Å². The van der Waals surface area contributed by atoms with Crippen LogP contribution in [0, 0.1) is 6.92 Å². The van der Waals surface area contributed by atoms with Crippen molar-refractivity contribution in [2.24, 2.45) is 4.99 Å². The number of hydrogen-bond donors (Lipinski definition) is 0. The van der Waals surface area contributed by atoms with Crippen molar-refractivity contribution in [1.82, 2.24) is 25.3 Å². The van der Waals surface area contributed by atoms with E-state index in [0.717, 1.165) is 0 Å². The number of rotatable bonds is 4. The van der Waals surface area contributed by atoms with Gasteiger partial charge in [-0.1, -0.05) is 45.9 Å². The van der Waals surface area contributed by atoms with E-state index in [2.05, 4.69) is 30.2 Å². The van der Waals surface area contributed by atoms with Crippen LogP contribution in [0.25, 0.3) is 0 Å². The van der Waals surface area contributed by atoms with E-state index in [1.165, 1.54) is 28.9 Å². The average Bonchev–Trinajstić information content (AvgIpc) is 3.23. The van der Waals surface area contributed by atoms with Gasteiger partial charge < -0.3 is 0 Å². The number of carbonyl (C=O) groups excluding carboxylic acids is 1. The van der Waals surface area contributed by atoms with Crippen LogP contribution in [0.3, 0.4) is 0 Å². The predicted octanol–water partition coefficient (Wildman–Crippen LogP) is 1.95. The van der Waals surface area contributed by atoms with Gasteiger partial charge in [-0.3, -0.25) is 4.79 Å². The van der Waals surface area contributed by atoms with Crippen LogP contribution in [0.15, 0.2) is 40.0 Å². The first-order valence-electron chi connectivity index (χ1n) is 7.73. The normalized spacial score (nSPS) is 14.3. The molecule has 8 nitrogen and oxygen atoms in total. The first kappa shape index (κ1) is 16.2. The topological polar surface area (TPSA) is 99.1 Å². The zero-order chi connectivity index (χ0) is 18.3. The van der Waals surface area contributed by atoms with Crippen molar-refractivity contribution >= 4 is 11.6 Å². The number of alkyl halides is 2. The molecule has 1 amide bonds. The maximum absolute atomic E-state index is 14.8. The Hall–Kier alpha value is -3.30. The van der Waals surface area contributed by atoms with Gasteiger partial charge in [0.2, 0.25) is 0 Å². The van der Waals surface area contributed by atoms with E-state index >= 15 is 0 Å². The van der Waals surface area contributed by atoms with Crippen LogP contribution >= 0.6 is 0 Å². The van der Waals surface area contributed by atoms with E-state index < -0.39 is 17.5 Å². The second-order valence-corrected chi connectivity index (χ2v) is 5.82. The van der Waals surface area contributed by atoms with Crippen LogP contribution in [-0.4, -0.2) is 36.9 Å². The van der Waals surface area contributed by atoms with Crippen LogP contribution in [0.1, 0.15) is 33.1 Å². The summed E-state index contributed by atoms with van der Waals surface area (Å²) in [6, 6.07) is 7.24. The van der Waals surface area contributed by atoms with Gasteiger partial charge in [0.1, 0.15) is 17.1 Å². The lowest BCUT2D eigenvalue weighted by molar-refractivity contribution is 0.0715. The van der Waals surface area contributed by atoms with Crippen molar-refractivity contribution in [1.29, 1.82) is 0 Å². The monoisotopic (exact) mass is 358 g/mol. The summed E-state index contributed by atoms with van der Waals surface area (Å²) in [7, 11) is 0. The summed E-state index contributed by atoms with van der Waals surface area (Å²) in [5, 5.41) is 15.0. The molecule has 0 saturated heterocycles. The largest absolute Gasteiger partial charge is 0.311 e. The molecule has 2 aromatic heterocycles. The summed E-state index contributed by atoms with van der Waals surface area (Å²) in [5.41, 5.74) is 0.471.